The smallest absolute Gasteiger partial charge is 0.311 e. The van der Waals surface area contributed by atoms with Gasteiger partial charge in [0.05, 0.1) is 12.5 Å². The van der Waals surface area contributed by atoms with E-state index in [0.29, 0.717) is 11.8 Å². The van der Waals surface area contributed by atoms with Crippen molar-refractivity contribution < 1.29 is 9.53 Å². The summed E-state index contributed by atoms with van der Waals surface area (Å²) in [6.07, 6.45) is 5.42. The number of benzene rings is 1. The minimum absolute atomic E-state index is 0.0179. The number of carbonyl (C=O) groups excluding carboxylic acids is 1. The van der Waals surface area contributed by atoms with E-state index >= 15 is 0 Å². The first-order chi connectivity index (χ1) is 10.8. The minimum Gasteiger partial charge on any atom is -0.469 e. The molecule has 1 saturated carbocycles. The molecule has 1 aromatic carbocycles. The highest BCUT2D eigenvalue weighted by Crippen LogP contribution is 2.57. The van der Waals surface area contributed by atoms with Crippen molar-refractivity contribution in [2.75, 3.05) is 7.11 Å². The molecule has 2 nitrogen and oxygen atoms in total. The van der Waals surface area contributed by atoms with Crippen molar-refractivity contribution in [3.05, 3.63) is 34.9 Å². The molecule has 126 valence electrons. The van der Waals surface area contributed by atoms with Crippen molar-refractivity contribution >= 4 is 5.97 Å². The van der Waals surface area contributed by atoms with Gasteiger partial charge in [0.15, 0.2) is 0 Å². The van der Waals surface area contributed by atoms with Crippen molar-refractivity contribution in [2.45, 2.75) is 71.1 Å². The maximum atomic E-state index is 12.5. The Morgan fingerprint density at radius 3 is 2.65 bits per heavy atom. The topological polar surface area (TPSA) is 26.3 Å². The molecule has 2 aliphatic rings. The molecule has 0 bridgehead atoms. The number of aryl methyl sites for hydroxylation is 1. The zero-order chi connectivity index (χ0) is 16.8. The molecule has 3 rings (SSSR count). The molecule has 2 aliphatic carbocycles. The lowest BCUT2D eigenvalue weighted by Gasteiger charge is -2.54. The van der Waals surface area contributed by atoms with Crippen LogP contribution in [0.4, 0.5) is 0 Å². The van der Waals surface area contributed by atoms with Gasteiger partial charge in [0.2, 0.25) is 0 Å². The van der Waals surface area contributed by atoms with E-state index in [-0.39, 0.29) is 16.8 Å². The molecule has 2 heteroatoms. The van der Waals surface area contributed by atoms with Crippen molar-refractivity contribution in [2.24, 2.45) is 11.3 Å². The number of hydrogen-bond donors (Lipinski definition) is 0. The molecule has 0 aliphatic heterocycles. The third-order valence-electron chi connectivity index (χ3n) is 6.70. The summed E-state index contributed by atoms with van der Waals surface area (Å²) in [5.41, 5.74) is 4.18. The summed E-state index contributed by atoms with van der Waals surface area (Å²) < 4.78 is 5.19. The van der Waals surface area contributed by atoms with Crippen LogP contribution in [0.2, 0.25) is 0 Å². The fourth-order valence-corrected chi connectivity index (χ4v) is 5.35. The Balaban J connectivity index is 2.06. The zero-order valence-electron chi connectivity index (χ0n) is 15.2. The van der Waals surface area contributed by atoms with Crippen LogP contribution in [0.5, 0.6) is 0 Å². The Hall–Kier alpha value is -1.31. The first kappa shape index (κ1) is 16.5. The standard InChI is InChI=1S/C21H30O2/c1-14(2)15-7-9-17-16(13-15)8-10-18-20(17,3)11-6-12-21(18,4)19(22)23-5/h7,9,13-14,18H,6,8,10-12H2,1-5H3/t18-,20+,21-/m0/s1. The van der Waals surface area contributed by atoms with Crippen LogP contribution in [0.25, 0.3) is 0 Å². The van der Waals surface area contributed by atoms with Gasteiger partial charge in [-0.1, -0.05) is 45.4 Å². The van der Waals surface area contributed by atoms with Crippen LogP contribution in [-0.4, -0.2) is 13.1 Å². The number of carbonyl (C=O) groups is 1. The summed E-state index contributed by atoms with van der Waals surface area (Å²) in [6.45, 7) is 9.02. The Bertz CT molecular complexity index is 618. The van der Waals surface area contributed by atoms with Crippen molar-refractivity contribution in [3.63, 3.8) is 0 Å². The van der Waals surface area contributed by atoms with Gasteiger partial charge >= 0.3 is 5.97 Å². The van der Waals surface area contributed by atoms with Crippen LogP contribution in [-0.2, 0) is 21.4 Å². The summed E-state index contributed by atoms with van der Waals surface area (Å²) in [5, 5.41) is 0. The quantitative estimate of drug-likeness (QED) is 0.719. The number of hydrogen-bond acceptors (Lipinski definition) is 2. The third-order valence-corrected chi connectivity index (χ3v) is 6.70. The van der Waals surface area contributed by atoms with E-state index in [0.717, 1.165) is 25.7 Å². The largest absolute Gasteiger partial charge is 0.469 e. The van der Waals surface area contributed by atoms with Gasteiger partial charge in [0.25, 0.3) is 0 Å². The van der Waals surface area contributed by atoms with Crippen LogP contribution < -0.4 is 0 Å². The lowest BCUT2D eigenvalue weighted by molar-refractivity contribution is -0.161. The van der Waals surface area contributed by atoms with E-state index in [1.54, 1.807) is 0 Å². The lowest BCUT2D eigenvalue weighted by Crippen LogP contribution is -2.52. The monoisotopic (exact) mass is 314 g/mol. The highest BCUT2D eigenvalue weighted by Gasteiger charge is 2.55. The van der Waals surface area contributed by atoms with Crippen LogP contribution in [0.3, 0.4) is 0 Å². The molecule has 0 heterocycles. The number of esters is 1. The van der Waals surface area contributed by atoms with Crippen LogP contribution in [0.1, 0.15) is 76.0 Å². The van der Waals surface area contributed by atoms with Gasteiger partial charge in [-0.2, -0.15) is 0 Å². The normalized spacial score (nSPS) is 33.0. The second-order valence-electron chi connectivity index (χ2n) is 8.34. The Kier molecular flexibility index (Phi) is 4.06. The van der Waals surface area contributed by atoms with E-state index in [4.69, 9.17) is 4.74 Å². The van der Waals surface area contributed by atoms with Gasteiger partial charge in [-0.05, 0) is 66.5 Å². The summed E-state index contributed by atoms with van der Waals surface area (Å²) in [7, 11) is 1.53. The Morgan fingerprint density at radius 2 is 2.00 bits per heavy atom. The highest BCUT2D eigenvalue weighted by atomic mass is 16.5. The van der Waals surface area contributed by atoms with Crippen molar-refractivity contribution in [1.82, 2.24) is 0 Å². The Morgan fingerprint density at radius 1 is 1.26 bits per heavy atom. The Labute approximate surface area is 140 Å². The maximum Gasteiger partial charge on any atom is 0.311 e. The SMILES string of the molecule is COC(=O)[C@@]1(C)CCC[C@]2(C)c3ccc(C(C)C)cc3CC[C@H]12. The summed E-state index contributed by atoms with van der Waals surface area (Å²) >= 11 is 0. The maximum absolute atomic E-state index is 12.5. The number of methoxy groups -OCH3 is 1. The number of rotatable bonds is 2. The molecule has 0 spiro atoms. The second-order valence-corrected chi connectivity index (χ2v) is 8.34. The van der Waals surface area contributed by atoms with Gasteiger partial charge < -0.3 is 4.74 Å². The van der Waals surface area contributed by atoms with Crippen LogP contribution in [0.15, 0.2) is 18.2 Å². The van der Waals surface area contributed by atoms with Crippen molar-refractivity contribution in [3.8, 4) is 0 Å². The van der Waals surface area contributed by atoms with E-state index in [9.17, 15) is 4.79 Å². The molecule has 0 radical (unpaired) electrons. The average Bonchev–Trinajstić information content (AvgIpc) is 2.53. The molecule has 0 unspecified atom stereocenters. The van der Waals surface area contributed by atoms with E-state index in [1.807, 2.05) is 0 Å². The minimum atomic E-state index is -0.337. The molecular formula is C21H30O2. The van der Waals surface area contributed by atoms with Crippen LogP contribution >= 0.6 is 0 Å². The zero-order valence-corrected chi connectivity index (χ0v) is 15.2. The third kappa shape index (κ3) is 2.42. The van der Waals surface area contributed by atoms with Gasteiger partial charge in [-0.15, -0.1) is 0 Å². The first-order valence-electron chi connectivity index (χ1n) is 9.04. The fourth-order valence-electron chi connectivity index (χ4n) is 5.35. The van der Waals surface area contributed by atoms with Gasteiger partial charge in [0, 0.05) is 0 Å². The fraction of sp³-hybridized carbons (Fsp3) is 0.667. The molecule has 1 aromatic rings. The molecule has 23 heavy (non-hydrogen) atoms. The highest BCUT2D eigenvalue weighted by molar-refractivity contribution is 5.77. The molecular weight excluding hydrogens is 284 g/mol. The van der Waals surface area contributed by atoms with E-state index in [2.05, 4.69) is 45.9 Å². The van der Waals surface area contributed by atoms with Gasteiger partial charge in [0.1, 0.15) is 0 Å². The summed E-state index contributed by atoms with van der Waals surface area (Å²) in [4.78, 5) is 12.5. The molecule has 3 atom stereocenters. The number of ether oxygens (including phenoxy) is 1. The molecule has 1 fully saturated rings. The molecule has 0 amide bonds. The number of fused-ring (bicyclic) bond motifs is 3. The van der Waals surface area contributed by atoms with Gasteiger partial charge in [-0.25, -0.2) is 0 Å². The summed E-state index contributed by atoms with van der Waals surface area (Å²) in [6, 6.07) is 7.05. The molecule has 0 N–H and O–H groups in total. The predicted molar refractivity (Wildman–Crippen MR) is 93.7 cm³/mol. The lowest BCUT2D eigenvalue weighted by atomic mass is 9.49. The van der Waals surface area contributed by atoms with Crippen molar-refractivity contribution in [1.29, 1.82) is 0 Å². The van der Waals surface area contributed by atoms with E-state index < -0.39 is 0 Å². The van der Waals surface area contributed by atoms with Gasteiger partial charge in [-0.3, -0.25) is 4.79 Å². The summed E-state index contributed by atoms with van der Waals surface area (Å²) in [5.74, 6) is 0.932. The molecule has 0 aromatic heterocycles. The van der Waals surface area contributed by atoms with E-state index in [1.165, 1.54) is 30.2 Å². The molecule has 0 saturated heterocycles. The predicted octanol–water partition coefficient (Wildman–Crippen LogP) is 4.99. The van der Waals surface area contributed by atoms with Crippen LogP contribution in [0, 0.1) is 11.3 Å². The average molecular weight is 314 g/mol. The first-order valence-corrected chi connectivity index (χ1v) is 9.04. The second kappa shape index (κ2) is 5.65.